The van der Waals surface area contributed by atoms with E-state index in [4.69, 9.17) is 12.2 Å². The van der Waals surface area contributed by atoms with E-state index in [1.54, 1.807) is 0 Å². The normalized spacial score (nSPS) is 12.5. The molecule has 3 heteroatoms. The van der Waals surface area contributed by atoms with Crippen molar-refractivity contribution >= 4 is 23.0 Å². The monoisotopic (exact) mass is 312 g/mol. The third-order valence-electron chi connectivity index (χ3n) is 3.66. The molecule has 0 unspecified atom stereocenters. The Bertz CT molecular complexity index is 612. The molecule has 2 aromatic carbocycles. The Kier molecular flexibility index (Phi) is 5.19. The molecular weight excluding hydrogens is 288 g/mol. The molecule has 0 amide bonds. The van der Waals surface area contributed by atoms with Crippen molar-refractivity contribution in [2.45, 2.75) is 39.2 Å². The highest BCUT2D eigenvalue weighted by Crippen LogP contribution is 2.23. The van der Waals surface area contributed by atoms with Crippen LogP contribution in [-0.2, 0) is 5.41 Å². The molecule has 0 fully saturated rings. The molecule has 22 heavy (non-hydrogen) atoms. The molecule has 0 aromatic heterocycles. The van der Waals surface area contributed by atoms with Crippen molar-refractivity contribution in [1.29, 1.82) is 0 Å². The lowest BCUT2D eigenvalue weighted by Gasteiger charge is -2.21. The summed E-state index contributed by atoms with van der Waals surface area (Å²) in [6, 6.07) is 18.8. The Morgan fingerprint density at radius 2 is 1.55 bits per heavy atom. The first-order chi connectivity index (χ1) is 10.4. The number of hydrogen-bond acceptors (Lipinski definition) is 1. The van der Waals surface area contributed by atoms with E-state index in [2.05, 4.69) is 62.6 Å². The van der Waals surface area contributed by atoms with Crippen molar-refractivity contribution in [2.24, 2.45) is 0 Å². The van der Waals surface area contributed by atoms with Crippen LogP contribution in [0.1, 0.15) is 44.9 Å². The van der Waals surface area contributed by atoms with Gasteiger partial charge in [-0.15, -0.1) is 0 Å². The van der Waals surface area contributed by atoms with E-state index in [9.17, 15) is 0 Å². The van der Waals surface area contributed by atoms with Crippen LogP contribution in [0.4, 0.5) is 5.69 Å². The Morgan fingerprint density at radius 1 is 0.955 bits per heavy atom. The zero-order chi connectivity index (χ0) is 16.2. The maximum Gasteiger partial charge on any atom is 0.171 e. The molecule has 0 spiro atoms. The maximum absolute atomic E-state index is 5.38. The van der Waals surface area contributed by atoms with Gasteiger partial charge in [-0.05, 0) is 47.8 Å². The highest BCUT2D eigenvalue weighted by Gasteiger charge is 2.14. The number of hydrogen-bond donors (Lipinski definition) is 2. The van der Waals surface area contributed by atoms with Crippen LogP contribution in [0.2, 0.25) is 0 Å². The molecule has 0 aliphatic rings. The Morgan fingerprint density at radius 3 is 2.09 bits per heavy atom. The highest BCUT2D eigenvalue weighted by molar-refractivity contribution is 7.80. The summed E-state index contributed by atoms with van der Waals surface area (Å²) in [5, 5.41) is 7.16. The smallest absolute Gasteiger partial charge is 0.171 e. The summed E-state index contributed by atoms with van der Waals surface area (Å²) < 4.78 is 0. The molecule has 2 N–H and O–H groups in total. The summed E-state index contributed by atoms with van der Waals surface area (Å²) in [6.45, 7) is 8.79. The highest BCUT2D eigenvalue weighted by atomic mass is 32.1. The number of anilines is 1. The molecule has 0 radical (unpaired) electrons. The van der Waals surface area contributed by atoms with E-state index in [1.165, 1.54) is 11.1 Å². The van der Waals surface area contributed by atoms with Crippen molar-refractivity contribution in [3.8, 4) is 0 Å². The Labute approximate surface area is 139 Å². The van der Waals surface area contributed by atoms with Crippen molar-refractivity contribution in [1.82, 2.24) is 5.32 Å². The van der Waals surface area contributed by atoms with Crippen molar-refractivity contribution in [2.75, 3.05) is 5.32 Å². The fourth-order valence-electron chi connectivity index (χ4n) is 2.24. The van der Waals surface area contributed by atoms with E-state index in [-0.39, 0.29) is 11.5 Å². The number of benzene rings is 2. The van der Waals surface area contributed by atoms with Gasteiger partial charge in [0.15, 0.2) is 5.11 Å². The average Bonchev–Trinajstić information content (AvgIpc) is 2.47. The minimum Gasteiger partial charge on any atom is -0.356 e. The number of nitrogens with one attached hydrogen (secondary N) is 2. The second-order valence-corrected chi connectivity index (χ2v) is 6.97. The minimum atomic E-state index is 0.165. The van der Waals surface area contributed by atoms with Crippen LogP contribution in [-0.4, -0.2) is 5.11 Å². The number of para-hydroxylation sites is 1. The lowest BCUT2D eigenvalue weighted by molar-refractivity contribution is 0.589. The summed E-state index contributed by atoms with van der Waals surface area (Å²) >= 11 is 5.38. The van der Waals surface area contributed by atoms with Crippen LogP contribution >= 0.6 is 12.2 Å². The van der Waals surface area contributed by atoms with Gasteiger partial charge in [-0.1, -0.05) is 63.2 Å². The Hall–Kier alpha value is -1.87. The van der Waals surface area contributed by atoms with E-state index < -0.39 is 0 Å². The molecule has 0 aliphatic heterocycles. The second kappa shape index (κ2) is 6.93. The van der Waals surface area contributed by atoms with Crippen LogP contribution in [0.15, 0.2) is 54.6 Å². The lowest BCUT2D eigenvalue weighted by atomic mass is 9.86. The first kappa shape index (κ1) is 16.5. The van der Waals surface area contributed by atoms with Crippen molar-refractivity contribution < 1.29 is 0 Å². The van der Waals surface area contributed by atoms with Gasteiger partial charge >= 0.3 is 0 Å². The van der Waals surface area contributed by atoms with Gasteiger partial charge in [0.25, 0.3) is 0 Å². The second-order valence-electron chi connectivity index (χ2n) is 6.56. The maximum atomic E-state index is 5.38. The molecule has 116 valence electrons. The van der Waals surface area contributed by atoms with E-state index in [1.807, 2.05) is 30.3 Å². The van der Waals surface area contributed by atoms with Gasteiger partial charge in [0.2, 0.25) is 0 Å². The minimum absolute atomic E-state index is 0.165. The zero-order valence-electron chi connectivity index (χ0n) is 13.7. The van der Waals surface area contributed by atoms with Gasteiger partial charge in [0, 0.05) is 5.69 Å². The predicted octanol–water partition coefficient (Wildman–Crippen LogP) is 5.03. The molecule has 2 aromatic rings. The van der Waals surface area contributed by atoms with Gasteiger partial charge in [0.1, 0.15) is 0 Å². The molecule has 0 aliphatic carbocycles. The van der Waals surface area contributed by atoms with Gasteiger partial charge in [-0.25, -0.2) is 0 Å². The molecule has 0 saturated heterocycles. The number of thiocarbonyl (C=S) groups is 1. The van der Waals surface area contributed by atoms with E-state index in [0.717, 1.165) is 5.69 Å². The fourth-order valence-corrected chi connectivity index (χ4v) is 2.54. The molecule has 0 bridgehead atoms. The summed E-state index contributed by atoms with van der Waals surface area (Å²) in [4.78, 5) is 0. The van der Waals surface area contributed by atoms with E-state index in [0.29, 0.717) is 5.11 Å². The van der Waals surface area contributed by atoms with Crippen LogP contribution < -0.4 is 10.6 Å². The van der Waals surface area contributed by atoms with Crippen LogP contribution in [0.5, 0.6) is 0 Å². The molecular formula is C19H24N2S. The Balaban J connectivity index is 1.97. The molecule has 0 saturated carbocycles. The molecule has 1 atom stereocenters. The van der Waals surface area contributed by atoms with Crippen molar-refractivity contribution in [3.05, 3.63) is 65.7 Å². The quantitative estimate of drug-likeness (QED) is 0.777. The van der Waals surface area contributed by atoms with Crippen molar-refractivity contribution in [3.63, 3.8) is 0 Å². The molecule has 2 rings (SSSR count). The van der Waals surface area contributed by atoms with Gasteiger partial charge in [-0.2, -0.15) is 0 Å². The molecule has 2 nitrogen and oxygen atoms in total. The first-order valence-corrected chi connectivity index (χ1v) is 8.00. The van der Waals surface area contributed by atoms with Crippen LogP contribution in [0.25, 0.3) is 0 Å². The third kappa shape index (κ3) is 4.57. The first-order valence-electron chi connectivity index (χ1n) is 7.59. The standard InChI is InChI=1S/C19H24N2S/c1-14(15-10-12-16(13-11-15)19(2,3)4)20-18(22)21-17-8-6-5-7-9-17/h5-14H,1-4H3,(H2,20,21,22)/t14-/m1/s1. The summed E-state index contributed by atoms with van der Waals surface area (Å²) in [5.74, 6) is 0. The largest absolute Gasteiger partial charge is 0.356 e. The molecule has 0 heterocycles. The van der Waals surface area contributed by atoms with Crippen LogP contribution in [0, 0.1) is 0 Å². The SMILES string of the molecule is C[C@@H](NC(=S)Nc1ccccc1)c1ccc(C(C)(C)C)cc1. The van der Waals surface area contributed by atoms with Gasteiger partial charge in [0.05, 0.1) is 6.04 Å². The number of rotatable bonds is 3. The topological polar surface area (TPSA) is 24.1 Å². The van der Waals surface area contributed by atoms with E-state index >= 15 is 0 Å². The summed E-state index contributed by atoms with van der Waals surface area (Å²) in [6.07, 6.45) is 0. The average molecular weight is 312 g/mol. The van der Waals surface area contributed by atoms with Crippen LogP contribution in [0.3, 0.4) is 0 Å². The summed E-state index contributed by atoms with van der Waals surface area (Å²) in [5.41, 5.74) is 3.74. The summed E-state index contributed by atoms with van der Waals surface area (Å²) in [7, 11) is 0. The van der Waals surface area contributed by atoms with Gasteiger partial charge in [-0.3, -0.25) is 0 Å². The zero-order valence-corrected chi connectivity index (χ0v) is 14.5. The third-order valence-corrected chi connectivity index (χ3v) is 3.88. The lowest BCUT2D eigenvalue weighted by Crippen LogP contribution is -2.30. The van der Waals surface area contributed by atoms with Gasteiger partial charge < -0.3 is 10.6 Å². The fraction of sp³-hybridized carbons (Fsp3) is 0.316. The predicted molar refractivity (Wildman–Crippen MR) is 99.4 cm³/mol.